The maximum atomic E-state index is 13.4. The highest BCUT2D eigenvalue weighted by molar-refractivity contribution is 5.96. The van der Waals surface area contributed by atoms with Crippen LogP contribution < -0.4 is 9.47 Å². The summed E-state index contributed by atoms with van der Waals surface area (Å²) >= 11 is 0. The van der Waals surface area contributed by atoms with Gasteiger partial charge in [-0.3, -0.25) is 0 Å². The summed E-state index contributed by atoms with van der Waals surface area (Å²) in [5.41, 5.74) is -0.823. The van der Waals surface area contributed by atoms with Gasteiger partial charge in [-0.25, -0.2) is 4.79 Å². The minimum atomic E-state index is -4.98. The van der Waals surface area contributed by atoms with Crippen molar-refractivity contribution in [2.24, 2.45) is 0 Å². The fourth-order valence-electron chi connectivity index (χ4n) is 2.73. The van der Waals surface area contributed by atoms with Crippen LogP contribution in [0.3, 0.4) is 0 Å². The van der Waals surface area contributed by atoms with Crippen molar-refractivity contribution in [3.05, 3.63) is 28.8 Å². The van der Waals surface area contributed by atoms with E-state index in [4.69, 9.17) is 4.74 Å². The van der Waals surface area contributed by atoms with Gasteiger partial charge in [0.15, 0.2) is 0 Å². The van der Waals surface area contributed by atoms with Crippen LogP contribution in [-0.4, -0.2) is 31.2 Å². The predicted octanol–water partition coefficient (Wildman–Crippen LogP) is 5.20. The Hall–Kier alpha value is -2.39. The van der Waals surface area contributed by atoms with Gasteiger partial charge in [0, 0.05) is 5.56 Å². The number of halogens is 6. The number of unbranched alkanes of at least 4 members (excludes halogenated alkanes) is 1. The maximum Gasteiger partial charge on any atom is 0.573 e. The molecule has 1 aromatic carbocycles. The van der Waals surface area contributed by atoms with Crippen molar-refractivity contribution in [3.8, 4) is 11.5 Å². The van der Waals surface area contributed by atoms with E-state index in [1.807, 2.05) is 6.92 Å². The molecule has 4 nitrogen and oxygen atoms in total. The van der Waals surface area contributed by atoms with Crippen LogP contribution in [0, 0.1) is 0 Å². The zero-order valence-corrected chi connectivity index (χ0v) is 15.0. The lowest BCUT2D eigenvalue weighted by Crippen LogP contribution is -2.41. The molecule has 0 radical (unpaired) electrons. The maximum absolute atomic E-state index is 13.4. The van der Waals surface area contributed by atoms with Crippen molar-refractivity contribution < 1.29 is 45.3 Å². The molecule has 0 saturated heterocycles. The molecule has 1 aliphatic heterocycles. The zero-order chi connectivity index (χ0) is 21.1. The first-order chi connectivity index (χ1) is 13.0. The Kier molecular flexibility index (Phi) is 6.51. The molecule has 0 spiro atoms. The van der Waals surface area contributed by atoms with Crippen LogP contribution in [0.5, 0.6) is 11.5 Å². The Balaban J connectivity index is 2.59. The van der Waals surface area contributed by atoms with E-state index < -0.39 is 35.9 Å². The molecule has 1 aromatic rings. The molecule has 0 aliphatic carbocycles. The topological polar surface area (TPSA) is 44.8 Å². The quantitative estimate of drug-likeness (QED) is 0.476. The van der Waals surface area contributed by atoms with E-state index in [0.29, 0.717) is 12.8 Å². The van der Waals surface area contributed by atoms with Gasteiger partial charge in [0.2, 0.25) is 6.10 Å². The van der Waals surface area contributed by atoms with Gasteiger partial charge in [0.25, 0.3) is 0 Å². The molecule has 0 aromatic heterocycles. The first-order valence-electron chi connectivity index (χ1n) is 8.51. The lowest BCUT2D eigenvalue weighted by atomic mass is 9.96. The van der Waals surface area contributed by atoms with Crippen molar-refractivity contribution in [2.45, 2.75) is 51.8 Å². The first-order valence-corrected chi connectivity index (χ1v) is 8.51. The van der Waals surface area contributed by atoms with E-state index in [0.717, 1.165) is 18.2 Å². The third-order valence-electron chi connectivity index (χ3n) is 3.84. The van der Waals surface area contributed by atoms with Gasteiger partial charge < -0.3 is 14.2 Å². The normalized spacial score (nSPS) is 16.7. The molecule has 1 aliphatic rings. The molecule has 0 saturated carbocycles. The second kappa shape index (κ2) is 8.32. The van der Waals surface area contributed by atoms with E-state index in [-0.39, 0.29) is 29.9 Å². The number of aryl methyl sites for hydroxylation is 1. The van der Waals surface area contributed by atoms with E-state index in [9.17, 15) is 31.1 Å². The Morgan fingerprint density at radius 3 is 2.36 bits per heavy atom. The van der Waals surface area contributed by atoms with E-state index in [1.165, 1.54) is 6.92 Å². The molecule has 0 N–H and O–H groups in total. The summed E-state index contributed by atoms with van der Waals surface area (Å²) in [5, 5.41) is 0. The van der Waals surface area contributed by atoms with Crippen molar-refractivity contribution >= 4 is 12.0 Å². The van der Waals surface area contributed by atoms with Crippen molar-refractivity contribution in [1.29, 1.82) is 0 Å². The molecule has 1 unspecified atom stereocenters. The van der Waals surface area contributed by atoms with Gasteiger partial charge in [-0.05, 0) is 43.5 Å². The number of benzene rings is 1. The standard InChI is InChI=1S/C18H18F6O4/c1-3-5-6-10-7-12(28-18(22,23)24)8-11-9-13(16(25)26-4-2)15(17(19,20)21)27-14(10)11/h7-9,15H,3-6H2,1-2H3. The van der Waals surface area contributed by atoms with Crippen LogP contribution in [0.4, 0.5) is 26.3 Å². The number of rotatable bonds is 6. The highest BCUT2D eigenvalue weighted by atomic mass is 19.4. The van der Waals surface area contributed by atoms with Crippen LogP contribution in [0.2, 0.25) is 0 Å². The molecule has 156 valence electrons. The molecule has 10 heteroatoms. The third-order valence-corrected chi connectivity index (χ3v) is 3.84. The SMILES string of the molecule is CCCCc1cc(OC(F)(F)F)cc2c1OC(C(F)(F)F)C(C(=O)OCC)=C2. The number of hydrogen-bond acceptors (Lipinski definition) is 4. The van der Waals surface area contributed by atoms with Crippen LogP contribution >= 0.6 is 0 Å². The third kappa shape index (κ3) is 5.32. The Morgan fingerprint density at radius 1 is 1.14 bits per heavy atom. The number of hydrogen-bond donors (Lipinski definition) is 0. The molecule has 2 rings (SSSR count). The summed E-state index contributed by atoms with van der Waals surface area (Å²) in [4.78, 5) is 12.0. The van der Waals surface area contributed by atoms with Gasteiger partial charge in [-0.1, -0.05) is 13.3 Å². The average Bonchev–Trinajstić information content (AvgIpc) is 2.56. The molecule has 0 fully saturated rings. The molecular formula is C18H18F6O4. The van der Waals surface area contributed by atoms with Crippen molar-refractivity contribution in [1.82, 2.24) is 0 Å². The Labute approximate surface area is 157 Å². The van der Waals surface area contributed by atoms with Gasteiger partial charge in [0.05, 0.1) is 12.2 Å². The number of carbonyl (C=O) groups is 1. The summed E-state index contributed by atoms with van der Waals surface area (Å²) in [6.45, 7) is 3.06. The van der Waals surface area contributed by atoms with Crippen molar-refractivity contribution in [2.75, 3.05) is 6.61 Å². The number of fused-ring (bicyclic) bond motifs is 1. The molecule has 0 amide bonds. The lowest BCUT2D eigenvalue weighted by molar-refractivity contribution is -0.274. The van der Waals surface area contributed by atoms with Crippen LogP contribution in [0.1, 0.15) is 37.8 Å². The summed E-state index contributed by atoms with van der Waals surface area (Å²) in [5.74, 6) is -2.09. The van der Waals surface area contributed by atoms with Crippen molar-refractivity contribution in [3.63, 3.8) is 0 Å². The second-order valence-corrected chi connectivity index (χ2v) is 6.01. The Bertz CT molecular complexity index is 752. The average molecular weight is 412 g/mol. The lowest BCUT2D eigenvalue weighted by Gasteiger charge is -2.29. The fourth-order valence-corrected chi connectivity index (χ4v) is 2.73. The van der Waals surface area contributed by atoms with E-state index in [2.05, 4.69) is 9.47 Å². The monoisotopic (exact) mass is 412 g/mol. The number of alkyl halides is 6. The molecule has 28 heavy (non-hydrogen) atoms. The molecule has 1 atom stereocenters. The van der Waals surface area contributed by atoms with E-state index in [1.54, 1.807) is 0 Å². The van der Waals surface area contributed by atoms with Gasteiger partial charge in [0.1, 0.15) is 11.5 Å². The highest BCUT2D eigenvalue weighted by Crippen LogP contribution is 2.42. The van der Waals surface area contributed by atoms with Gasteiger partial charge >= 0.3 is 18.5 Å². The molecule has 0 bridgehead atoms. The molecule has 1 heterocycles. The van der Waals surface area contributed by atoms with Crippen LogP contribution in [-0.2, 0) is 16.0 Å². The minimum Gasteiger partial charge on any atom is -0.475 e. The number of carbonyl (C=O) groups excluding carboxylic acids is 1. The van der Waals surface area contributed by atoms with Gasteiger partial charge in [-0.2, -0.15) is 13.2 Å². The van der Waals surface area contributed by atoms with Gasteiger partial charge in [-0.15, -0.1) is 13.2 Å². The van der Waals surface area contributed by atoms with Crippen LogP contribution in [0.25, 0.3) is 6.08 Å². The summed E-state index contributed by atoms with van der Waals surface area (Å²) < 4.78 is 91.6. The van der Waals surface area contributed by atoms with Crippen LogP contribution in [0.15, 0.2) is 17.7 Å². The first kappa shape index (κ1) is 21.9. The Morgan fingerprint density at radius 2 is 1.82 bits per heavy atom. The number of ether oxygens (including phenoxy) is 3. The molecular weight excluding hydrogens is 394 g/mol. The minimum absolute atomic E-state index is 0.114. The summed E-state index contributed by atoms with van der Waals surface area (Å²) in [6, 6.07) is 1.88. The summed E-state index contributed by atoms with van der Waals surface area (Å²) in [6.07, 6.45) is -10.3. The van der Waals surface area contributed by atoms with E-state index >= 15 is 0 Å². The largest absolute Gasteiger partial charge is 0.573 e. The predicted molar refractivity (Wildman–Crippen MR) is 86.8 cm³/mol. The highest BCUT2D eigenvalue weighted by Gasteiger charge is 2.49. The smallest absolute Gasteiger partial charge is 0.475 e. The second-order valence-electron chi connectivity index (χ2n) is 6.01. The zero-order valence-electron chi connectivity index (χ0n) is 15.0. The number of esters is 1. The fraction of sp³-hybridized carbons (Fsp3) is 0.500. The summed E-state index contributed by atoms with van der Waals surface area (Å²) in [7, 11) is 0.